The predicted octanol–water partition coefficient (Wildman–Crippen LogP) is 11.5. The molecule has 254 valence electrons. The minimum Gasteiger partial charge on any atom is -0.227 e. The van der Waals surface area contributed by atoms with Gasteiger partial charge < -0.3 is 0 Å². The summed E-state index contributed by atoms with van der Waals surface area (Å²) in [4.78, 5) is 11.7. The lowest BCUT2D eigenvalue weighted by molar-refractivity contribution is 0.352. The molecule has 0 aliphatic heterocycles. The fraction of sp³-hybridized carbons (Fsp3) is 0.265. The van der Waals surface area contributed by atoms with Gasteiger partial charge in [0.1, 0.15) is 4.83 Å². The standard InChI is InChI=1S/C49H42N2S/c1-48(2)38-22-9-7-19-34(38)36-28-41-37(29-40(36)48)43-33(21-14-23-39(43)49(41)25-11-4-12-26-49)31-17-13-18-32(27-31)46-50-45(30-15-5-3-6-16-30)44-35-20-8-10-24-42(35)52-47(44)51-46/h3,5-7,9,13-18,20-24,27-29,34H,4,8,10-12,19,25-26H2,1-2H3. The number of thiophene rings is 1. The van der Waals surface area contributed by atoms with Crippen molar-refractivity contribution in [2.45, 2.75) is 82.0 Å². The first-order valence-corrected chi connectivity index (χ1v) is 20.2. The summed E-state index contributed by atoms with van der Waals surface area (Å²) < 4.78 is 1.33. The second-order valence-corrected chi connectivity index (χ2v) is 17.2. The smallest absolute Gasteiger partial charge is 0.161 e. The van der Waals surface area contributed by atoms with Gasteiger partial charge in [0.05, 0.1) is 5.69 Å². The molecule has 1 fully saturated rings. The lowest BCUT2D eigenvalue weighted by atomic mass is 9.67. The first-order valence-electron chi connectivity index (χ1n) is 19.4. The summed E-state index contributed by atoms with van der Waals surface area (Å²) in [5.74, 6) is 1.30. The Labute approximate surface area is 310 Å². The highest BCUT2D eigenvalue weighted by atomic mass is 32.1. The second-order valence-electron chi connectivity index (χ2n) is 16.2. The van der Waals surface area contributed by atoms with Crippen LogP contribution in [-0.2, 0) is 10.8 Å². The molecule has 0 N–H and O–H groups in total. The SMILES string of the molecule is CC1(C)C2=CC=CCC2c2cc3c(cc21)-c1c(-c2cccc(-c4nc(-c5ccccc5)c5c6c(sc5n4)=CCCC=6)c2)cccc1C31CCCCC1. The fourth-order valence-corrected chi connectivity index (χ4v) is 11.8. The molecule has 11 rings (SSSR count). The third kappa shape index (κ3) is 4.29. The van der Waals surface area contributed by atoms with E-state index in [1.165, 1.54) is 75.1 Å². The van der Waals surface area contributed by atoms with Crippen LogP contribution in [0.5, 0.6) is 0 Å². The number of benzene rings is 4. The highest BCUT2D eigenvalue weighted by Crippen LogP contribution is 2.62. The maximum atomic E-state index is 5.38. The Morgan fingerprint density at radius 2 is 1.52 bits per heavy atom. The Bertz CT molecular complexity index is 2660. The van der Waals surface area contributed by atoms with Crippen LogP contribution in [0.25, 0.3) is 67.3 Å². The molecule has 1 atom stereocenters. The maximum absolute atomic E-state index is 5.38. The Balaban J connectivity index is 1.11. The second kappa shape index (κ2) is 11.3. The number of aromatic nitrogens is 2. The van der Waals surface area contributed by atoms with Gasteiger partial charge >= 0.3 is 0 Å². The van der Waals surface area contributed by atoms with Gasteiger partial charge in [-0.15, -0.1) is 11.3 Å². The van der Waals surface area contributed by atoms with Crippen LogP contribution in [0.4, 0.5) is 0 Å². The van der Waals surface area contributed by atoms with Crippen LogP contribution in [0.2, 0.25) is 0 Å². The first-order chi connectivity index (χ1) is 25.5. The van der Waals surface area contributed by atoms with Crippen molar-refractivity contribution in [3.63, 3.8) is 0 Å². The minimum atomic E-state index is 0.0279. The molecule has 52 heavy (non-hydrogen) atoms. The molecular weight excluding hydrogens is 649 g/mol. The molecule has 2 aromatic heterocycles. The quantitative estimate of drug-likeness (QED) is 0.185. The lowest BCUT2D eigenvalue weighted by Gasteiger charge is -2.36. The van der Waals surface area contributed by atoms with Gasteiger partial charge in [0, 0.05) is 37.8 Å². The number of rotatable bonds is 3. The van der Waals surface area contributed by atoms with E-state index in [1.807, 2.05) is 11.3 Å². The molecular formula is C49H42N2S. The summed E-state index contributed by atoms with van der Waals surface area (Å²) in [6.45, 7) is 4.90. The molecule has 1 unspecified atom stereocenters. The average molecular weight is 691 g/mol. The average Bonchev–Trinajstić information content (AvgIpc) is 3.78. The Hall–Kier alpha value is -4.86. The normalized spacial score (nSPS) is 20.0. The molecule has 1 saturated carbocycles. The van der Waals surface area contributed by atoms with Gasteiger partial charge in [0.15, 0.2) is 5.82 Å². The number of nitrogens with zero attached hydrogens (tertiary/aromatic N) is 2. The van der Waals surface area contributed by atoms with Crippen molar-refractivity contribution in [3.05, 3.63) is 141 Å². The zero-order valence-electron chi connectivity index (χ0n) is 30.0. The van der Waals surface area contributed by atoms with Crippen molar-refractivity contribution < 1.29 is 0 Å². The molecule has 2 heterocycles. The monoisotopic (exact) mass is 690 g/mol. The van der Waals surface area contributed by atoms with Gasteiger partial charge in [-0.05, 0) is 94.0 Å². The minimum absolute atomic E-state index is 0.0279. The van der Waals surface area contributed by atoms with E-state index in [0.717, 1.165) is 46.7 Å². The summed E-state index contributed by atoms with van der Waals surface area (Å²) in [5, 5.41) is 2.50. The Morgan fingerprint density at radius 1 is 0.712 bits per heavy atom. The fourth-order valence-electron chi connectivity index (χ4n) is 10.7. The third-order valence-corrected chi connectivity index (χ3v) is 14.2. The van der Waals surface area contributed by atoms with E-state index in [1.54, 1.807) is 22.3 Å². The van der Waals surface area contributed by atoms with Crippen LogP contribution in [-0.4, -0.2) is 9.97 Å². The first kappa shape index (κ1) is 30.7. The van der Waals surface area contributed by atoms with E-state index in [9.17, 15) is 0 Å². The summed E-state index contributed by atoms with van der Waals surface area (Å²) >= 11 is 1.81. The van der Waals surface area contributed by atoms with Crippen molar-refractivity contribution in [1.82, 2.24) is 9.97 Å². The van der Waals surface area contributed by atoms with E-state index in [2.05, 4.69) is 129 Å². The van der Waals surface area contributed by atoms with Crippen molar-refractivity contribution in [1.29, 1.82) is 0 Å². The molecule has 1 spiro atoms. The largest absolute Gasteiger partial charge is 0.227 e. The van der Waals surface area contributed by atoms with E-state index in [-0.39, 0.29) is 10.8 Å². The van der Waals surface area contributed by atoms with Crippen LogP contribution >= 0.6 is 11.3 Å². The van der Waals surface area contributed by atoms with Gasteiger partial charge in [0.25, 0.3) is 0 Å². The van der Waals surface area contributed by atoms with E-state index >= 15 is 0 Å². The van der Waals surface area contributed by atoms with Gasteiger partial charge in [-0.1, -0.05) is 142 Å². The number of allylic oxidation sites excluding steroid dienone is 4. The van der Waals surface area contributed by atoms with Crippen molar-refractivity contribution in [2.24, 2.45) is 0 Å². The van der Waals surface area contributed by atoms with Crippen molar-refractivity contribution in [3.8, 4) is 44.9 Å². The van der Waals surface area contributed by atoms with Gasteiger partial charge in [-0.3, -0.25) is 0 Å². The number of fused-ring (bicyclic) bond motifs is 11. The summed E-state index contributed by atoms with van der Waals surface area (Å²) in [7, 11) is 0. The summed E-state index contributed by atoms with van der Waals surface area (Å²) in [5.41, 5.74) is 16.7. The molecule has 0 amide bonds. The van der Waals surface area contributed by atoms with Crippen LogP contribution < -0.4 is 9.75 Å². The Kier molecular flexibility index (Phi) is 6.69. The number of hydrogen-bond acceptors (Lipinski definition) is 3. The predicted molar refractivity (Wildman–Crippen MR) is 218 cm³/mol. The maximum Gasteiger partial charge on any atom is 0.161 e. The highest BCUT2D eigenvalue weighted by Gasteiger charge is 2.48. The van der Waals surface area contributed by atoms with E-state index in [0.29, 0.717) is 5.92 Å². The van der Waals surface area contributed by atoms with Crippen LogP contribution in [0.1, 0.15) is 93.4 Å². The van der Waals surface area contributed by atoms with Crippen LogP contribution in [0.3, 0.4) is 0 Å². The lowest BCUT2D eigenvalue weighted by Crippen LogP contribution is -2.28. The van der Waals surface area contributed by atoms with Gasteiger partial charge in [0.2, 0.25) is 0 Å². The molecule has 4 aromatic carbocycles. The molecule has 0 saturated heterocycles. The molecule has 3 heteroatoms. The zero-order valence-corrected chi connectivity index (χ0v) is 30.8. The van der Waals surface area contributed by atoms with Gasteiger partial charge in [-0.2, -0.15) is 0 Å². The summed E-state index contributed by atoms with van der Waals surface area (Å²) in [6, 6.07) is 32.2. The molecule has 0 radical (unpaired) electrons. The molecule has 6 aromatic rings. The highest BCUT2D eigenvalue weighted by molar-refractivity contribution is 7.16. The topological polar surface area (TPSA) is 25.8 Å². The van der Waals surface area contributed by atoms with Crippen molar-refractivity contribution >= 4 is 33.7 Å². The van der Waals surface area contributed by atoms with Crippen molar-refractivity contribution in [2.75, 3.05) is 0 Å². The Morgan fingerprint density at radius 3 is 2.40 bits per heavy atom. The van der Waals surface area contributed by atoms with E-state index in [4.69, 9.17) is 9.97 Å². The molecule has 5 aliphatic rings. The molecule has 0 bridgehead atoms. The zero-order chi connectivity index (χ0) is 34.6. The third-order valence-electron chi connectivity index (χ3n) is 13.1. The van der Waals surface area contributed by atoms with Crippen LogP contribution in [0, 0.1) is 0 Å². The number of hydrogen-bond donors (Lipinski definition) is 0. The van der Waals surface area contributed by atoms with Gasteiger partial charge in [-0.25, -0.2) is 9.97 Å². The summed E-state index contributed by atoms with van der Waals surface area (Å²) in [6.07, 6.45) is 21.5. The van der Waals surface area contributed by atoms with E-state index < -0.39 is 0 Å². The molecule has 5 aliphatic carbocycles. The van der Waals surface area contributed by atoms with Crippen LogP contribution in [0.15, 0.2) is 109 Å². The molecule has 2 nitrogen and oxygen atoms in total.